The molecule has 0 bridgehead atoms. The first-order chi connectivity index (χ1) is 65.5. The normalized spacial score (nSPS) is 29.6. The van der Waals surface area contributed by atoms with E-state index in [-0.39, 0.29) is 30.1 Å². The standard InChI is InChI=1S/C28H29N3O4.C27H27BrN2O5.C27H29BrN2O4.C24H18BrNO6/c1-31(2)14-13-21-24(19-7-5-4-6-8-19)28(20-11-9-18(15-29)10-12-20)27(33,26(21)32)25-22(34-3)16-30-17-23(25)35-28;1-30(2)22(31)13-19-23(16-7-5-4-6-8-16)27(17-9-11-18(28)12-10-17)26(33,25(19)32)24-20(34-3)14-29-15-21(24)35-27;1-30(2)14-13-20-23(17-7-5-4-6-8-17)27(18-9-11-19(28)12-10-18)26(32,25(20)31)24-21(33-3)15-29-16-22(24)34-27;1-29-16-11-26-12-17-19(16)23(28)21-20(30-22(27)31-21)18(13-5-3-2-4-6-13)24(23,32-17)14-7-9-15(25)10-8-14/h4-12,16-17,21,24,26,32-33H,13-14H2,1-3H3;4-12,14-15,19,23,25,32-33H,13H2,1-3H3;4-12,15-16,20,23,25,31-32H,13-14H2,1-3H3;2-12,18,20-21,28H,1H3/t21-,24-,26-,27+,28+;19-,23-,25-,26+,27+;20-,23-,25-,26+,27+;18-,20-,21-,23+,24+/m1111/s1. The van der Waals surface area contributed by atoms with Gasteiger partial charge < -0.3 is 97.8 Å². The van der Waals surface area contributed by atoms with Gasteiger partial charge in [0.05, 0.1) is 136 Å². The number of aromatic nitrogens is 4. The van der Waals surface area contributed by atoms with Crippen LogP contribution >= 0.6 is 47.8 Å². The summed E-state index contributed by atoms with van der Waals surface area (Å²) < 4.78 is 63.2. The molecular formula is C106H103Br3N8O19. The molecule has 21 rings (SSSR count). The van der Waals surface area contributed by atoms with E-state index in [9.17, 15) is 50.6 Å². The van der Waals surface area contributed by atoms with Crippen LogP contribution in [0.15, 0.2) is 281 Å². The molecule has 27 nitrogen and oxygen atoms in total. The lowest BCUT2D eigenvalue weighted by Gasteiger charge is -2.41. The molecule has 4 saturated carbocycles. The minimum atomic E-state index is -1.91. The average Bonchev–Trinajstić information content (AvgIpc) is 1.48. The molecular weight excluding hydrogens is 1930 g/mol. The molecule has 0 unspecified atom stereocenters. The molecule has 1 saturated heterocycles. The van der Waals surface area contributed by atoms with Gasteiger partial charge in [0.2, 0.25) is 5.91 Å². The summed E-state index contributed by atoms with van der Waals surface area (Å²) in [6, 6.07) is 71.2. The highest BCUT2D eigenvalue weighted by atomic mass is 79.9. The Morgan fingerprint density at radius 2 is 0.669 bits per heavy atom. The summed E-state index contributed by atoms with van der Waals surface area (Å²) >= 11 is 10.5. The highest BCUT2D eigenvalue weighted by molar-refractivity contribution is 9.11. The third-order valence-corrected chi connectivity index (χ3v) is 30.5. The van der Waals surface area contributed by atoms with E-state index in [4.69, 9.17) is 47.4 Å². The molecule has 9 heterocycles. The zero-order valence-electron chi connectivity index (χ0n) is 76.1. The first-order valence-electron chi connectivity index (χ1n) is 44.6. The van der Waals surface area contributed by atoms with E-state index in [0.717, 1.165) is 54.3 Å². The largest absolute Gasteiger partial charge is 0.509 e. The molecule has 0 radical (unpaired) electrons. The van der Waals surface area contributed by atoms with Gasteiger partial charge in [0, 0.05) is 69.4 Å². The van der Waals surface area contributed by atoms with Crippen molar-refractivity contribution in [3.63, 3.8) is 0 Å². The van der Waals surface area contributed by atoms with Gasteiger partial charge in [0.1, 0.15) is 46.0 Å². The number of fused-ring (bicyclic) bond motifs is 14. The Morgan fingerprint density at radius 3 is 0.963 bits per heavy atom. The number of nitriles is 1. The first kappa shape index (κ1) is 94.4. The Hall–Kier alpha value is -11.9. The van der Waals surface area contributed by atoms with Crippen LogP contribution in [0.5, 0.6) is 46.0 Å². The number of benzene rings is 8. The Morgan fingerprint density at radius 1 is 0.390 bits per heavy atom. The van der Waals surface area contributed by atoms with Crippen LogP contribution in [-0.4, -0.2) is 197 Å². The average molecular weight is 2030 g/mol. The minimum Gasteiger partial charge on any atom is -0.495 e. The molecule has 20 atom stereocenters. The van der Waals surface area contributed by atoms with E-state index < -0.39 is 105 Å². The van der Waals surface area contributed by atoms with Gasteiger partial charge in [-0.2, -0.15) is 5.26 Å². The van der Waals surface area contributed by atoms with Crippen LogP contribution in [-0.2, 0) is 59.1 Å². The van der Waals surface area contributed by atoms with Crippen LogP contribution < -0.4 is 37.9 Å². The summed E-state index contributed by atoms with van der Waals surface area (Å²) in [6.07, 6.45) is 7.50. The predicted molar refractivity (Wildman–Crippen MR) is 512 cm³/mol. The van der Waals surface area contributed by atoms with Gasteiger partial charge in [-0.3, -0.25) is 24.7 Å². The topological polar surface area (TPSA) is 353 Å². The summed E-state index contributed by atoms with van der Waals surface area (Å²) in [6.45, 7) is 1.49. The molecule has 702 valence electrons. The molecule has 7 N–H and O–H groups in total. The number of aliphatic hydroxyl groups excluding tert-OH is 3. The number of carbonyl (C=O) groups is 2. The molecule has 12 aromatic rings. The van der Waals surface area contributed by atoms with E-state index >= 15 is 0 Å². The number of hydrogen-bond acceptors (Lipinski definition) is 26. The van der Waals surface area contributed by atoms with Crippen molar-refractivity contribution in [2.45, 2.75) is 118 Å². The van der Waals surface area contributed by atoms with Crippen LogP contribution in [0.1, 0.15) is 115 Å². The Bertz CT molecular complexity index is 6450. The van der Waals surface area contributed by atoms with Crippen LogP contribution in [0.2, 0.25) is 0 Å². The van der Waals surface area contributed by atoms with Crippen molar-refractivity contribution >= 4 is 59.9 Å². The van der Waals surface area contributed by atoms with Gasteiger partial charge in [-0.25, -0.2) is 4.79 Å². The van der Waals surface area contributed by atoms with Crippen molar-refractivity contribution in [1.82, 2.24) is 34.6 Å². The summed E-state index contributed by atoms with van der Waals surface area (Å²) in [5.74, 6) is -0.307. The summed E-state index contributed by atoms with van der Waals surface area (Å²) in [5.41, 5.74) is -4.11. The molecule has 1 amide bonds. The molecule has 8 aromatic carbocycles. The smallest absolute Gasteiger partial charge is 0.495 e. The van der Waals surface area contributed by atoms with Crippen molar-refractivity contribution in [3.05, 3.63) is 354 Å². The first-order valence-corrected chi connectivity index (χ1v) is 47.0. The maximum atomic E-state index is 13.0. The zero-order chi connectivity index (χ0) is 95.9. The van der Waals surface area contributed by atoms with Crippen LogP contribution in [0.4, 0.5) is 4.79 Å². The fourth-order valence-electron chi connectivity index (χ4n) is 23.4. The van der Waals surface area contributed by atoms with Gasteiger partial charge >= 0.3 is 6.16 Å². The monoisotopic (exact) mass is 2030 g/mol. The number of halogens is 3. The predicted octanol–water partition coefficient (Wildman–Crippen LogP) is 14.8. The number of ether oxygens (including phenoxy) is 10. The molecule has 4 aromatic heterocycles. The second-order valence-corrected chi connectivity index (χ2v) is 39.2. The number of amides is 1. The van der Waals surface area contributed by atoms with Gasteiger partial charge in [-0.05, 0) is 147 Å². The number of pyridine rings is 4. The second-order valence-electron chi connectivity index (χ2n) is 36.4. The molecule has 0 spiro atoms. The highest BCUT2D eigenvalue weighted by Gasteiger charge is 2.83. The number of hydrogen-bond donors (Lipinski definition) is 7. The Kier molecular flexibility index (Phi) is 25.6. The van der Waals surface area contributed by atoms with Gasteiger partial charge in [0.25, 0.3) is 0 Å². The molecule has 5 aliphatic heterocycles. The van der Waals surface area contributed by atoms with E-state index in [1.165, 1.54) is 51.0 Å². The quantitative estimate of drug-likeness (QED) is 0.0349. The molecule has 30 heteroatoms. The third kappa shape index (κ3) is 14.4. The van der Waals surface area contributed by atoms with Crippen LogP contribution in [0.3, 0.4) is 0 Å². The molecule has 9 aliphatic rings. The maximum absolute atomic E-state index is 13.0. The zero-order valence-corrected chi connectivity index (χ0v) is 80.9. The summed E-state index contributed by atoms with van der Waals surface area (Å²) in [7, 11) is 17.4. The number of methoxy groups -OCH3 is 4. The fourth-order valence-corrected chi connectivity index (χ4v) is 24.2. The molecule has 5 fully saturated rings. The number of aliphatic hydroxyl groups is 7. The highest BCUT2D eigenvalue weighted by Crippen LogP contribution is 2.75. The lowest BCUT2D eigenvalue weighted by molar-refractivity contribution is -0.153. The van der Waals surface area contributed by atoms with Crippen molar-refractivity contribution in [2.24, 2.45) is 17.8 Å². The molecule has 136 heavy (non-hydrogen) atoms. The van der Waals surface area contributed by atoms with E-state index in [0.29, 0.717) is 103 Å². The third-order valence-electron chi connectivity index (χ3n) is 28.9. The Labute approximate surface area is 812 Å². The van der Waals surface area contributed by atoms with Gasteiger partial charge in [0.15, 0.2) is 57.0 Å². The summed E-state index contributed by atoms with van der Waals surface area (Å²) in [4.78, 5) is 47.8. The summed E-state index contributed by atoms with van der Waals surface area (Å²) in [5, 5.41) is 95.9. The van der Waals surface area contributed by atoms with E-state index in [2.05, 4.69) is 83.6 Å². The van der Waals surface area contributed by atoms with Crippen molar-refractivity contribution in [3.8, 4) is 52.1 Å². The number of nitrogens with zero attached hydrogens (tertiary/aromatic N) is 8. The molecule has 4 aliphatic carbocycles. The maximum Gasteiger partial charge on any atom is 0.509 e. The van der Waals surface area contributed by atoms with Gasteiger partial charge in [-0.1, -0.05) is 218 Å². The van der Waals surface area contributed by atoms with Crippen LogP contribution in [0.25, 0.3) is 0 Å². The second kappa shape index (κ2) is 36.9. The number of carbonyl (C=O) groups excluding carboxylic acids is 2. The SMILES string of the molecule is COc1cncc2c1[C@]1(O)[C@@H]3OC(=O)O[C@@H]3[C@@H](c3ccccc3)[C@]1(c1ccc(Br)cc1)O2.COc1cncc2c1[C@]1(O)[C@H](O)[C@H](CC(=O)N(C)C)[C@@H](c3ccccc3)[C@]1(c1ccc(Br)cc1)O2.COc1cncc2c1[C@]1(O)[C@H](O)[C@H](CCN(C)C)[C@@H](c3ccccc3)[C@]1(c1ccc(Br)cc1)O2.COc1cncc2c1[C@]1(O)[C@H](O)[C@H](CCN(C)C)[C@@H](c3ccccc3)[C@]1(c1ccc(C#N)cc1)O2. The van der Waals surface area contributed by atoms with Gasteiger partial charge in [-0.15, -0.1) is 0 Å². The van der Waals surface area contributed by atoms with Crippen molar-refractivity contribution < 1.29 is 92.7 Å². The van der Waals surface area contributed by atoms with Crippen LogP contribution in [0, 0.1) is 29.1 Å². The lowest BCUT2D eigenvalue weighted by atomic mass is 9.70. The lowest BCUT2D eigenvalue weighted by Crippen LogP contribution is -2.52. The van der Waals surface area contributed by atoms with Crippen molar-refractivity contribution in [2.75, 3.05) is 83.8 Å². The Balaban J connectivity index is 0.000000121. The van der Waals surface area contributed by atoms with Crippen molar-refractivity contribution in [1.29, 1.82) is 5.26 Å². The fraction of sp³-hybridized carbons (Fsp3) is 0.330. The van der Waals surface area contributed by atoms with E-state index in [1.54, 1.807) is 58.1 Å². The minimum absolute atomic E-state index is 0.0282. The van der Waals surface area contributed by atoms with E-state index in [1.807, 2.05) is 234 Å². The number of rotatable bonds is 20.